The summed E-state index contributed by atoms with van der Waals surface area (Å²) in [7, 11) is 5.51. The minimum absolute atomic E-state index is 0.0316. The number of benzene rings is 1. The summed E-state index contributed by atoms with van der Waals surface area (Å²) in [5.74, 6) is 1.30. The second kappa shape index (κ2) is 9.65. The molecule has 2 aromatic rings. The van der Waals surface area contributed by atoms with Gasteiger partial charge in [-0.2, -0.15) is 0 Å². The Hall–Kier alpha value is -2.74. The van der Waals surface area contributed by atoms with Crippen LogP contribution in [0.15, 0.2) is 30.3 Å². The van der Waals surface area contributed by atoms with E-state index in [4.69, 9.17) is 0 Å². The van der Waals surface area contributed by atoms with Crippen molar-refractivity contribution < 1.29 is 9.18 Å². The van der Waals surface area contributed by atoms with E-state index in [1.165, 1.54) is 12.1 Å². The van der Waals surface area contributed by atoms with Gasteiger partial charge in [0.2, 0.25) is 5.91 Å². The van der Waals surface area contributed by atoms with Crippen LogP contribution in [0.5, 0.6) is 0 Å². The molecule has 0 radical (unpaired) electrons. The maximum atomic E-state index is 13.1. The first kappa shape index (κ1) is 21.0. The summed E-state index contributed by atoms with van der Waals surface area (Å²) in [6, 6.07) is 8.32. The number of aromatic nitrogens is 2. The maximum absolute atomic E-state index is 13.1. The number of hydrogen-bond acceptors (Lipinski definition) is 6. The van der Waals surface area contributed by atoms with Crippen molar-refractivity contribution in [3.8, 4) is 0 Å². The molecule has 0 aliphatic carbocycles. The van der Waals surface area contributed by atoms with Crippen LogP contribution in [-0.2, 0) is 11.3 Å². The third-order valence-corrected chi connectivity index (χ3v) is 5.18. The van der Waals surface area contributed by atoms with Crippen molar-refractivity contribution in [1.82, 2.24) is 20.2 Å². The van der Waals surface area contributed by atoms with E-state index in [2.05, 4.69) is 20.6 Å². The number of halogens is 1. The van der Waals surface area contributed by atoms with Gasteiger partial charge in [0.25, 0.3) is 0 Å². The molecule has 1 aromatic heterocycles. The predicted molar refractivity (Wildman–Crippen MR) is 112 cm³/mol. The van der Waals surface area contributed by atoms with Gasteiger partial charge in [-0.15, -0.1) is 0 Å². The molecule has 1 saturated heterocycles. The second-order valence-electron chi connectivity index (χ2n) is 7.40. The summed E-state index contributed by atoms with van der Waals surface area (Å²) in [5.41, 5.74) is 1.70. The van der Waals surface area contributed by atoms with Crippen LogP contribution in [0, 0.1) is 5.82 Å². The third-order valence-electron chi connectivity index (χ3n) is 5.18. The molecule has 29 heavy (non-hydrogen) atoms. The maximum Gasteiger partial charge on any atom is 0.224 e. The molecule has 3 rings (SSSR count). The lowest BCUT2D eigenvalue weighted by Crippen LogP contribution is -2.31. The van der Waals surface area contributed by atoms with Gasteiger partial charge in [0.15, 0.2) is 0 Å². The van der Waals surface area contributed by atoms with Gasteiger partial charge in [0, 0.05) is 45.9 Å². The number of nitrogens with one attached hydrogen (secondary N) is 2. The molecule has 1 fully saturated rings. The monoisotopic (exact) mass is 400 g/mol. The molecule has 7 nitrogen and oxygen atoms in total. The normalized spacial score (nSPS) is 15.9. The topological polar surface area (TPSA) is 73.4 Å². The average Bonchev–Trinajstić information content (AvgIpc) is 3.27. The molecule has 0 bridgehead atoms. The van der Waals surface area contributed by atoms with Crippen molar-refractivity contribution in [1.29, 1.82) is 0 Å². The second-order valence-corrected chi connectivity index (χ2v) is 7.40. The van der Waals surface area contributed by atoms with Crippen LogP contribution in [0.4, 0.5) is 15.9 Å². The van der Waals surface area contributed by atoms with Crippen LogP contribution < -0.4 is 15.5 Å². The Balaban J connectivity index is 1.58. The van der Waals surface area contributed by atoms with Crippen LogP contribution in [-0.4, -0.2) is 55.0 Å². The van der Waals surface area contributed by atoms with E-state index in [-0.39, 0.29) is 17.8 Å². The van der Waals surface area contributed by atoms with E-state index in [1.807, 2.05) is 25.1 Å². The fourth-order valence-corrected chi connectivity index (χ4v) is 3.40. The molecule has 2 N–H and O–H groups in total. The van der Waals surface area contributed by atoms with Gasteiger partial charge in [-0.3, -0.25) is 4.79 Å². The highest BCUT2D eigenvalue weighted by Gasteiger charge is 2.21. The van der Waals surface area contributed by atoms with Gasteiger partial charge in [-0.05, 0) is 43.7 Å². The summed E-state index contributed by atoms with van der Waals surface area (Å²) in [5, 5.41) is 6.50. The van der Waals surface area contributed by atoms with E-state index in [0.29, 0.717) is 19.5 Å². The zero-order valence-corrected chi connectivity index (χ0v) is 17.3. The molecule has 1 aliphatic rings. The molecule has 1 aliphatic heterocycles. The summed E-state index contributed by atoms with van der Waals surface area (Å²) >= 11 is 0. The Morgan fingerprint density at radius 1 is 1.28 bits per heavy atom. The van der Waals surface area contributed by atoms with E-state index in [9.17, 15) is 9.18 Å². The molecule has 2 heterocycles. The summed E-state index contributed by atoms with van der Waals surface area (Å²) in [6.45, 7) is 1.96. The SMILES string of the molecule is CNc1cc(CN(C)C(=O)CCN(C)c2ccc(F)cc2)nc([C@@H]2CCCN2)n1. The van der Waals surface area contributed by atoms with Crippen molar-refractivity contribution in [2.24, 2.45) is 0 Å². The minimum Gasteiger partial charge on any atom is -0.374 e. The number of carbonyl (C=O) groups is 1. The summed E-state index contributed by atoms with van der Waals surface area (Å²) in [4.78, 5) is 25.5. The van der Waals surface area contributed by atoms with Crippen LogP contribution in [0.25, 0.3) is 0 Å². The highest BCUT2D eigenvalue weighted by atomic mass is 19.1. The fourth-order valence-electron chi connectivity index (χ4n) is 3.40. The number of amides is 1. The summed E-state index contributed by atoms with van der Waals surface area (Å²) in [6.07, 6.45) is 2.51. The van der Waals surface area contributed by atoms with Gasteiger partial charge in [0.1, 0.15) is 17.5 Å². The molecular weight excluding hydrogens is 371 g/mol. The lowest BCUT2D eigenvalue weighted by atomic mass is 10.2. The van der Waals surface area contributed by atoms with Gasteiger partial charge in [0.05, 0.1) is 18.3 Å². The van der Waals surface area contributed by atoms with Gasteiger partial charge in [-0.1, -0.05) is 0 Å². The largest absolute Gasteiger partial charge is 0.374 e. The Morgan fingerprint density at radius 2 is 2.03 bits per heavy atom. The smallest absolute Gasteiger partial charge is 0.224 e. The van der Waals surface area contributed by atoms with Gasteiger partial charge < -0.3 is 20.4 Å². The van der Waals surface area contributed by atoms with Crippen LogP contribution in [0.3, 0.4) is 0 Å². The first-order valence-corrected chi connectivity index (χ1v) is 9.96. The quantitative estimate of drug-likeness (QED) is 0.710. The average molecular weight is 401 g/mol. The lowest BCUT2D eigenvalue weighted by Gasteiger charge is -2.22. The third kappa shape index (κ3) is 5.63. The zero-order chi connectivity index (χ0) is 20.8. The standard InChI is InChI=1S/C21H29FN6O/c1-23-19-13-16(25-21(26-19)18-5-4-11-24-18)14-28(3)20(29)10-12-27(2)17-8-6-15(22)7-9-17/h6-9,13,18,24H,4-5,10-12,14H2,1-3H3,(H,23,25,26)/t18-/m0/s1. The minimum atomic E-state index is -0.268. The van der Waals surface area contributed by atoms with E-state index in [1.54, 1.807) is 24.1 Å². The number of rotatable bonds is 8. The Bertz CT molecular complexity index is 822. The molecule has 1 atom stereocenters. The molecule has 0 spiro atoms. The Kier molecular flexibility index (Phi) is 6.98. The zero-order valence-electron chi connectivity index (χ0n) is 17.3. The van der Waals surface area contributed by atoms with Crippen LogP contribution in [0.1, 0.15) is 36.8 Å². The van der Waals surface area contributed by atoms with Crippen molar-refractivity contribution in [2.45, 2.75) is 31.8 Å². The molecule has 1 aromatic carbocycles. The number of hydrogen-bond donors (Lipinski definition) is 2. The van der Waals surface area contributed by atoms with Crippen molar-refractivity contribution in [3.05, 3.63) is 47.7 Å². The Labute approximate surface area is 171 Å². The number of nitrogens with zero attached hydrogens (tertiary/aromatic N) is 4. The number of anilines is 2. The predicted octanol–water partition coefficient (Wildman–Crippen LogP) is 2.57. The molecule has 8 heteroatoms. The highest BCUT2D eigenvalue weighted by molar-refractivity contribution is 5.76. The van der Waals surface area contributed by atoms with Gasteiger partial charge in [-0.25, -0.2) is 14.4 Å². The van der Waals surface area contributed by atoms with Crippen LogP contribution >= 0.6 is 0 Å². The van der Waals surface area contributed by atoms with E-state index in [0.717, 1.165) is 42.4 Å². The van der Waals surface area contributed by atoms with Crippen molar-refractivity contribution >= 4 is 17.4 Å². The first-order valence-electron chi connectivity index (χ1n) is 9.96. The molecule has 1 amide bonds. The summed E-state index contributed by atoms with van der Waals surface area (Å²) < 4.78 is 13.1. The Morgan fingerprint density at radius 3 is 2.69 bits per heavy atom. The number of carbonyl (C=O) groups excluding carboxylic acids is 1. The van der Waals surface area contributed by atoms with Crippen molar-refractivity contribution in [3.63, 3.8) is 0 Å². The highest BCUT2D eigenvalue weighted by Crippen LogP contribution is 2.22. The van der Waals surface area contributed by atoms with Gasteiger partial charge >= 0.3 is 0 Å². The van der Waals surface area contributed by atoms with Crippen LogP contribution in [0.2, 0.25) is 0 Å². The molecule has 156 valence electrons. The molecular formula is C21H29FN6O. The van der Waals surface area contributed by atoms with E-state index < -0.39 is 0 Å². The fraction of sp³-hybridized carbons (Fsp3) is 0.476. The first-order chi connectivity index (χ1) is 14.0. The van der Waals surface area contributed by atoms with Crippen molar-refractivity contribution in [2.75, 3.05) is 44.4 Å². The lowest BCUT2D eigenvalue weighted by molar-refractivity contribution is -0.130. The molecule has 0 unspecified atom stereocenters. The van der Waals surface area contributed by atoms with E-state index >= 15 is 0 Å². The molecule has 0 saturated carbocycles.